The topological polar surface area (TPSA) is 59.3 Å². The summed E-state index contributed by atoms with van der Waals surface area (Å²) in [4.78, 5) is 22.3. The lowest BCUT2D eigenvalue weighted by molar-refractivity contribution is 0.0696. The molecule has 1 N–H and O–H groups in total. The minimum atomic E-state index is -1.10. The Kier molecular flexibility index (Phi) is 2.55. The summed E-state index contributed by atoms with van der Waals surface area (Å²) in [5.41, 5.74) is 0.354. The molecule has 0 aliphatic carbocycles. The van der Waals surface area contributed by atoms with E-state index in [1.54, 1.807) is 12.1 Å². The van der Waals surface area contributed by atoms with Gasteiger partial charge in [-0.1, -0.05) is 18.2 Å². The highest BCUT2D eigenvalue weighted by atomic mass is 16.4. The molecule has 0 spiro atoms. The number of carboxylic acids is 1. The zero-order valence-corrected chi connectivity index (χ0v) is 8.33. The number of hydrogen-bond donors (Lipinski definition) is 1. The molecule has 1 heterocycles. The first kappa shape index (κ1) is 10.2. The van der Waals surface area contributed by atoms with Gasteiger partial charge >= 0.3 is 5.97 Å². The highest BCUT2D eigenvalue weighted by Gasteiger charge is 2.05. The van der Waals surface area contributed by atoms with Gasteiger partial charge in [0.25, 0.3) is 5.56 Å². The molecule has 0 aliphatic rings. The van der Waals surface area contributed by atoms with Gasteiger partial charge in [-0.15, -0.1) is 0 Å². The van der Waals surface area contributed by atoms with E-state index in [4.69, 9.17) is 5.11 Å². The molecule has 1 aromatic carbocycles. The number of aromatic nitrogens is 1. The number of hydrogen-bond acceptors (Lipinski definition) is 2. The number of rotatable bonds is 2. The Morgan fingerprint density at radius 2 is 1.81 bits per heavy atom. The zero-order valence-electron chi connectivity index (χ0n) is 8.33. The molecule has 4 heteroatoms. The molecule has 0 amide bonds. The fourth-order valence-electron chi connectivity index (χ4n) is 1.41. The van der Waals surface area contributed by atoms with E-state index in [2.05, 4.69) is 0 Å². The summed E-state index contributed by atoms with van der Waals surface area (Å²) < 4.78 is 1.40. The van der Waals surface area contributed by atoms with Crippen LogP contribution in [-0.4, -0.2) is 15.6 Å². The van der Waals surface area contributed by atoms with Crippen LogP contribution in [0.4, 0.5) is 0 Å². The maximum absolute atomic E-state index is 11.6. The summed E-state index contributed by atoms with van der Waals surface area (Å²) in [7, 11) is 0. The first-order valence-corrected chi connectivity index (χ1v) is 4.70. The first-order valence-electron chi connectivity index (χ1n) is 4.70. The van der Waals surface area contributed by atoms with E-state index in [0.29, 0.717) is 5.69 Å². The van der Waals surface area contributed by atoms with Crippen LogP contribution in [0.5, 0.6) is 0 Å². The van der Waals surface area contributed by atoms with Crippen LogP contribution in [0.2, 0.25) is 0 Å². The molecule has 1 aromatic heterocycles. The van der Waals surface area contributed by atoms with Gasteiger partial charge in [0.1, 0.15) is 0 Å². The van der Waals surface area contributed by atoms with E-state index in [9.17, 15) is 9.59 Å². The SMILES string of the molecule is O=C(O)c1ccn(-c2ccccc2)c(=O)c1. The predicted octanol–water partition coefficient (Wildman–Crippen LogP) is 1.54. The molecular formula is C12H9NO3. The third kappa shape index (κ3) is 1.86. The zero-order chi connectivity index (χ0) is 11.5. The van der Waals surface area contributed by atoms with E-state index in [-0.39, 0.29) is 11.1 Å². The lowest BCUT2D eigenvalue weighted by atomic mass is 10.2. The quantitative estimate of drug-likeness (QED) is 0.826. The molecule has 16 heavy (non-hydrogen) atoms. The van der Waals surface area contributed by atoms with Crippen molar-refractivity contribution in [1.82, 2.24) is 4.57 Å². The minimum Gasteiger partial charge on any atom is -0.478 e. The van der Waals surface area contributed by atoms with Gasteiger partial charge in [-0.25, -0.2) is 4.79 Å². The molecule has 0 aliphatic heterocycles. The first-order chi connectivity index (χ1) is 7.68. The van der Waals surface area contributed by atoms with Gasteiger partial charge in [-0.3, -0.25) is 9.36 Å². The Morgan fingerprint density at radius 3 is 2.38 bits per heavy atom. The monoisotopic (exact) mass is 215 g/mol. The van der Waals surface area contributed by atoms with Crippen LogP contribution in [-0.2, 0) is 0 Å². The maximum atomic E-state index is 11.6. The van der Waals surface area contributed by atoms with Crippen molar-refractivity contribution >= 4 is 5.97 Å². The van der Waals surface area contributed by atoms with E-state index < -0.39 is 5.97 Å². The molecular weight excluding hydrogens is 206 g/mol. The van der Waals surface area contributed by atoms with Crippen LogP contribution in [0.15, 0.2) is 53.5 Å². The average Bonchev–Trinajstić information content (AvgIpc) is 2.30. The van der Waals surface area contributed by atoms with Gasteiger partial charge < -0.3 is 5.11 Å². The summed E-state index contributed by atoms with van der Waals surface area (Å²) in [6.45, 7) is 0. The largest absolute Gasteiger partial charge is 0.478 e. The van der Waals surface area contributed by atoms with Crippen LogP contribution < -0.4 is 5.56 Å². The summed E-state index contributed by atoms with van der Waals surface area (Å²) in [6.07, 6.45) is 1.46. The van der Waals surface area contributed by atoms with Gasteiger partial charge in [-0.05, 0) is 18.2 Å². The second kappa shape index (κ2) is 4.02. The van der Waals surface area contributed by atoms with Gasteiger partial charge in [0.05, 0.1) is 5.56 Å². The Balaban J connectivity index is 2.53. The van der Waals surface area contributed by atoms with E-state index in [1.807, 2.05) is 18.2 Å². The predicted molar refractivity (Wildman–Crippen MR) is 59.0 cm³/mol. The number of aromatic carboxylic acids is 1. The number of benzene rings is 1. The third-order valence-electron chi connectivity index (χ3n) is 2.20. The van der Waals surface area contributed by atoms with Crippen molar-refractivity contribution in [3.05, 3.63) is 64.6 Å². The normalized spacial score (nSPS) is 10.0. The smallest absolute Gasteiger partial charge is 0.335 e. The average molecular weight is 215 g/mol. The molecule has 4 nitrogen and oxygen atoms in total. The molecule has 0 fully saturated rings. The highest BCUT2D eigenvalue weighted by molar-refractivity contribution is 5.87. The molecule has 0 saturated carbocycles. The third-order valence-corrected chi connectivity index (χ3v) is 2.20. The minimum absolute atomic E-state index is 0.00261. The van der Waals surface area contributed by atoms with Crippen LogP contribution >= 0.6 is 0 Å². The number of para-hydroxylation sites is 1. The summed E-state index contributed by atoms with van der Waals surface area (Å²) >= 11 is 0. The van der Waals surface area contributed by atoms with Crippen molar-refractivity contribution in [2.45, 2.75) is 0 Å². The Morgan fingerprint density at radius 1 is 1.12 bits per heavy atom. The molecule has 0 bridgehead atoms. The summed E-state index contributed by atoms with van der Waals surface area (Å²) in [5, 5.41) is 8.72. The van der Waals surface area contributed by atoms with E-state index in [1.165, 1.54) is 16.8 Å². The Hall–Kier alpha value is -2.36. The van der Waals surface area contributed by atoms with Crippen LogP contribution in [0.3, 0.4) is 0 Å². The molecule has 0 atom stereocenters. The number of carboxylic acid groups (broad SMARTS) is 1. The van der Waals surface area contributed by atoms with Gasteiger partial charge in [0.15, 0.2) is 0 Å². The second-order valence-corrected chi connectivity index (χ2v) is 3.26. The van der Waals surface area contributed by atoms with Crippen LogP contribution in [0.1, 0.15) is 10.4 Å². The van der Waals surface area contributed by atoms with Gasteiger partial charge in [0.2, 0.25) is 0 Å². The molecule has 0 unspecified atom stereocenters. The number of nitrogens with zero attached hydrogens (tertiary/aromatic N) is 1. The number of pyridine rings is 1. The van der Waals surface area contributed by atoms with Gasteiger partial charge in [0, 0.05) is 18.0 Å². The Labute approximate surface area is 91.4 Å². The fraction of sp³-hybridized carbons (Fsp3) is 0. The Bertz CT molecular complexity index is 572. The van der Waals surface area contributed by atoms with Crippen molar-refractivity contribution in [3.8, 4) is 5.69 Å². The maximum Gasteiger partial charge on any atom is 0.335 e. The van der Waals surface area contributed by atoms with Crippen LogP contribution in [0, 0.1) is 0 Å². The highest BCUT2D eigenvalue weighted by Crippen LogP contribution is 2.04. The van der Waals surface area contributed by atoms with Crippen molar-refractivity contribution in [1.29, 1.82) is 0 Å². The van der Waals surface area contributed by atoms with Crippen molar-refractivity contribution in [2.75, 3.05) is 0 Å². The van der Waals surface area contributed by atoms with Crippen LogP contribution in [0.25, 0.3) is 5.69 Å². The van der Waals surface area contributed by atoms with E-state index >= 15 is 0 Å². The number of carbonyl (C=O) groups is 1. The van der Waals surface area contributed by atoms with Crippen molar-refractivity contribution < 1.29 is 9.90 Å². The van der Waals surface area contributed by atoms with E-state index in [0.717, 1.165) is 6.07 Å². The standard InChI is InChI=1S/C12H9NO3/c14-11-8-9(12(15)16)6-7-13(11)10-4-2-1-3-5-10/h1-8H,(H,15,16). The summed E-state index contributed by atoms with van der Waals surface area (Å²) in [5.74, 6) is -1.10. The van der Waals surface area contributed by atoms with Gasteiger partial charge in [-0.2, -0.15) is 0 Å². The lowest BCUT2D eigenvalue weighted by Gasteiger charge is -2.04. The lowest BCUT2D eigenvalue weighted by Crippen LogP contribution is -2.18. The fourth-order valence-corrected chi connectivity index (χ4v) is 1.41. The summed E-state index contributed by atoms with van der Waals surface area (Å²) in [6, 6.07) is 11.5. The molecule has 2 rings (SSSR count). The molecule has 80 valence electrons. The van der Waals surface area contributed by atoms with Crippen molar-refractivity contribution in [2.24, 2.45) is 0 Å². The second-order valence-electron chi connectivity index (χ2n) is 3.26. The van der Waals surface area contributed by atoms with Crippen molar-refractivity contribution in [3.63, 3.8) is 0 Å². The molecule has 2 aromatic rings. The molecule has 0 saturated heterocycles. The molecule has 0 radical (unpaired) electrons.